The van der Waals surface area contributed by atoms with Crippen molar-refractivity contribution in [1.29, 1.82) is 0 Å². The molecule has 1 aliphatic rings. The van der Waals surface area contributed by atoms with Crippen molar-refractivity contribution >= 4 is 5.91 Å². The van der Waals surface area contributed by atoms with E-state index in [1.165, 1.54) is 0 Å². The Labute approximate surface area is 98.3 Å². The Morgan fingerprint density at radius 3 is 2.69 bits per heavy atom. The highest BCUT2D eigenvalue weighted by Crippen LogP contribution is 2.31. The van der Waals surface area contributed by atoms with E-state index < -0.39 is 0 Å². The van der Waals surface area contributed by atoms with Crippen molar-refractivity contribution in [3.63, 3.8) is 0 Å². The molecule has 4 heteroatoms. The molecule has 1 heterocycles. The second-order valence-corrected chi connectivity index (χ2v) is 4.44. The minimum Gasteiger partial charge on any atom is -0.383 e. The van der Waals surface area contributed by atoms with Crippen molar-refractivity contribution in [2.45, 2.75) is 26.7 Å². The Balaban J connectivity index is 2.64. The van der Waals surface area contributed by atoms with Crippen LogP contribution in [0.2, 0.25) is 0 Å². The summed E-state index contributed by atoms with van der Waals surface area (Å²) in [6, 6.07) is 0. The summed E-state index contributed by atoms with van der Waals surface area (Å²) in [5.41, 5.74) is -0.163. The SMILES string of the molecule is CCN(CCOC)C(=O)C1(CC)CCNC1. The number of rotatable bonds is 6. The lowest BCUT2D eigenvalue weighted by Crippen LogP contribution is -2.46. The van der Waals surface area contributed by atoms with Crippen LogP contribution < -0.4 is 5.32 Å². The lowest BCUT2D eigenvalue weighted by atomic mass is 9.82. The molecule has 0 saturated carbocycles. The average molecular weight is 228 g/mol. The van der Waals surface area contributed by atoms with Crippen LogP contribution in [0.3, 0.4) is 0 Å². The number of carbonyl (C=O) groups excluding carboxylic acids is 1. The van der Waals surface area contributed by atoms with Crippen molar-refractivity contribution in [3.05, 3.63) is 0 Å². The molecule has 1 fully saturated rings. The standard InChI is InChI=1S/C12H24N2O2/c1-4-12(6-7-13-10-12)11(15)14(5-2)8-9-16-3/h13H,4-10H2,1-3H3. The summed E-state index contributed by atoms with van der Waals surface area (Å²) < 4.78 is 5.04. The molecule has 1 unspecified atom stereocenters. The Bertz CT molecular complexity index is 225. The topological polar surface area (TPSA) is 41.6 Å². The van der Waals surface area contributed by atoms with Gasteiger partial charge in [0.1, 0.15) is 0 Å². The molecule has 1 atom stereocenters. The molecular weight excluding hydrogens is 204 g/mol. The molecule has 0 aromatic heterocycles. The van der Waals surface area contributed by atoms with Gasteiger partial charge in [0.05, 0.1) is 12.0 Å². The molecule has 0 aromatic rings. The summed E-state index contributed by atoms with van der Waals surface area (Å²) in [6.45, 7) is 8.01. The first-order valence-electron chi connectivity index (χ1n) is 6.19. The second kappa shape index (κ2) is 6.21. The number of carbonyl (C=O) groups is 1. The molecule has 1 amide bonds. The lowest BCUT2D eigenvalue weighted by molar-refractivity contribution is -0.141. The minimum atomic E-state index is -0.163. The van der Waals surface area contributed by atoms with Crippen LogP contribution in [-0.4, -0.2) is 50.7 Å². The van der Waals surface area contributed by atoms with E-state index >= 15 is 0 Å². The maximum absolute atomic E-state index is 12.5. The molecule has 0 bridgehead atoms. The van der Waals surface area contributed by atoms with Gasteiger partial charge in [-0.2, -0.15) is 0 Å². The number of nitrogens with one attached hydrogen (secondary N) is 1. The van der Waals surface area contributed by atoms with Crippen molar-refractivity contribution in [3.8, 4) is 0 Å². The zero-order chi connectivity index (χ0) is 12.0. The fourth-order valence-electron chi connectivity index (χ4n) is 2.32. The summed E-state index contributed by atoms with van der Waals surface area (Å²) in [4.78, 5) is 14.4. The molecular formula is C12H24N2O2. The molecule has 1 N–H and O–H groups in total. The number of nitrogens with zero attached hydrogens (tertiary/aromatic N) is 1. The van der Waals surface area contributed by atoms with Gasteiger partial charge in [0.25, 0.3) is 0 Å². The zero-order valence-electron chi connectivity index (χ0n) is 10.7. The van der Waals surface area contributed by atoms with Gasteiger partial charge in [-0.15, -0.1) is 0 Å². The molecule has 4 nitrogen and oxygen atoms in total. The van der Waals surface area contributed by atoms with E-state index in [2.05, 4.69) is 12.2 Å². The van der Waals surface area contributed by atoms with E-state index in [0.717, 1.165) is 32.5 Å². The molecule has 94 valence electrons. The summed E-state index contributed by atoms with van der Waals surface area (Å²) >= 11 is 0. The highest BCUT2D eigenvalue weighted by atomic mass is 16.5. The third-order valence-electron chi connectivity index (χ3n) is 3.61. The van der Waals surface area contributed by atoms with Gasteiger partial charge in [0, 0.05) is 26.7 Å². The van der Waals surface area contributed by atoms with Gasteiger partial charge in [0.15, 0.2) is 0 Å². The smallest absolute Gasteiger partial charge is 0.230 e. The number of amides is 1. The Kier molecular flexibility index (Phi) is 5.22. The van der Waals surface area contributed by atoms with Gasteiger partial charge in [0.2, 0.25) is 5.91 Å². The van der Waals surface area contributed by atoms with Crippen LogP contribution in [0, 0.1) is 5.41 Å². The van der Waals surface area contributed by atoms with Crippen LogP contribution in [0.1, 0.15) is 26.7 Å². The number of methoxy groups -OCH3 is 1. The fraction of sp³-hybridized carbons (Fsp3) is 0.917. The Morgan fingerprint density at radius 1 is 1.50 bits per heavy atom. The van der Waals surface area contributed by atoms with Crippen LogP contribution in [-0.2, 0) is 9.53 Å². The van der Waals surface area contributed by atoms with E-state index in [1.807, 2.05) is 11.8 Å². The van der Waals surface area contributed by atoms with Crippen LogP contribution in [0.15, 0.2) is 0 Å². The molecule has 16 heavy (non-hydrogen) atoms. The normalized spacial score (nSPS) is 24.7. The first kappa shape index (κ1) is 13.5. The van der Waals surface area contributed by atoms with Crippen molar-refractivity contribution in [2.24, 2.45) is 5.41 Å². The third-order valence-corrected chi connectivity index (χ3v) is 3.61. The molecule has 0 aliphatic carbocycles. The highest BCUT2D eigenvalue weighted by molar-refractivity contribution is 5.83. The number of likely N-dealkylation sites (N-methyl/N-ethyl adjacent to an activating group) is 1. The molecule has 0 radical (unpaired) electrons. The monoisotopic (exact) mass is 228 g/mol. The maximum atomic E-state index is 12.5. The minimum absolute atomic E-state index is 0.163. The average Bonchev–Trinajstić information content (AvgIpc) is 2.79. The highest BCUT2D eigenvalue weighted by Gasteiger charge is 2.41. The second-order valence-electron chi connectivity index (χ2n) is 4.44. The van der Waals surface area contributed by atoms with Crippen LogP contribution in [0.5, 0.6) is 0 Å². The first-order valence-corrected chi connectivity index (χ1v) is 6.19. The largest absolute Gasteiger partial charge is 0.383 e. The Hall–Kier alpha value is -0.610. The van der Waals surface area contributed by atoms with Crippen molar-refractivity contribution in [1.82, 2.24) is 10.2 Å². The van der Waals surface area contributed by atoms with E-state index in [-0.39, 0.29) is 5.41 Å². The van der Waals surface area contributed by atoms with Crippen LogP contribution in [0.4, 0.5) is 0 Å². The Morgan fingerprint density at radius 2 is 2.25 bits per heavy atom. The van der Waals surface area contributed by atoms with Gasteiger partial charge in [-0.05, 0) is 26.3 Å². The van der Waals surface area contributed by atoms with E-state index in [0.29, 0.717) is 19.1 Å². The number of hydrogen-bond acceptors (Lipinski definition) is 3. The van der Waals surface area contributed by atoms with Crippen molar-refractivity contribution < 1.29 is 9.53 Å². The third kappa shape index (κ3) is 2.74. The predicted molar refractivity (Wildman–Crippen MR) is 64.3 cm³/mol. The summed E-state index contributed by atoms with van der Waals surface area (Å²) in [6.07, 6.45) is 1.88. The van der Waals surface area contributed by atoms with Gasteiger partial charge >= 0.3 is 0 Å². The molecule has 0 spiro atoms. The van der Waals surface area contributed by atoms with E-state index in [4.69, 9.17) is 4.74 Å². The molecule has 0 aromatic carbocycles. The van der Waals surface area contributed by atoms with Gasteiger partial charge < -0.3 is 15.0 Å². The quantitative estimate of drug-likeness (QED) is 0.733. The molecule has 1 saturated heterocycles. The summed E-state index contributed by atoms with van der Waals surface area (Å²) in [5.74, 6) is 0.291. The van der Waals surface area contributed by atoms with Crippen LogP contribution >= 0.6 is 0 Å². The first-order chi connectivity index (χ1) is 7.70. The fourth-order valence-corrected chi connectivity index (χ4v) is 2.32. The van der Waals surface area contributed by atoms with Gasteiger partial charge in [-0.25, -0.2) is 0 Å². The summed E-state index contributed by atoms with van der Waals surface area (Å²) in [5, 5.41) is 3.30. The maximum Gasteiger partial charge on any atom is 0.230 e. The molecule has 1 rings (SSSR count). The van der Waals surface area contributed by atoms with Crippen LogP contribution in [0.25, 0.3) is 0 Å². The summed E-state index contributed by atoms with van der Waals surface area (Å²) in [7, 11) is 1.67. The van der Waals surface area contributed by atoms with E-state index in [9.17, 15) is 4.79 Å². The molecule has 1 aliphatic heterocycles. The zero-order valence-corrected chi connectivity index (χ0v) is 10.7. The predicted octanol–water partition coefficient (Wildman–Crippen LogP) is 0.871. The number of hydrogen-bond donors (Lipinski definition) is 1. The lowest BCUT2D eigenvalue weighted by Gasteiger charge is -2.32. The van der Waals surface area contributed by atoms with Crippen molar-refractivity contribution in [2.75, 3.05) is 39.9 Å². The van der Waals surface area contributed by atoms with Gasteiger partial charge in [-0.3, -0.25) is 4.79 Å². The van der Waals surface area contributed by atoms with E-state index in [1.54, 1.807) is 7.11 Å². The number of ether oxygens (including phenoxy) is 1. The van der Waals surface area contributed by atoms with Gasteiger partial charge in [-0.1, -0.05) is 6.92 Å².